The van der Waals surface area contributed by atoms with Crippen molar-refractivity contribution >= 4 is 22.6 Å². The van der Waals surface area contributed by atoms with Crippen LogP contribution in [0.25, 0.3) is 0 Å². The van der Waals surface area contributed by atoms with E-state index in [9.17, 15) is 4.21 Å². The molecule has 1 heterocycles. The van der Waals surface area contributed by atoms with Crippen molar-refractivity contribution in [2.75, 3.05) is 13.6 Å². The second-order valence-corrected chi connectivity index (χ2v) is 4.36. The Bertz CT molecular complexity index is 107. The van der Waals surface area contributed by atoms with Crippen molar-refractivity contribution in [2.45, 2.75) is 11.1 Å². The Balaban J connectivity index is 2.57. The molecular formula is C4H8ClNOS. The van der Waals surface area contributed by atoms with E-state index in [4.69, 9.17) is 11.6 Å². The number of alkyl halides is 1. The lowest BCUT2D eigenvalue weighted by molar-refractivity contribution is 0.560. The van der Waals surface area contributed by atoms with Crippen molar-refractivity contribution < 1.29 is 4.21 Å². The number of hydrogen-bond donors (Lipinski definition) is 0. The van der Waals surface area contributed by atoms with E-state index < -0.39 is 11.0 Å². The van der Waals surface area contributed by atoms with Crippen LogP contribution in [0, 0.1) is 0 Å². The Morgan fingerprint density at radius 2 is 2.50 bits per heavy atom. The predicted octanol–water partition coefficient (Wildman–Crippen LogP) is 0.550. The van der Waals surface area contributed by atoms with E-state index in [2.05, 4.69) is 0 Å². The third-order valence-corrected chi connectivity index (χ3v) is 3.34. The molecule has 0 bridgehead atoms. The number of halogens is 1. The second kappa shape index (κ2) is 2.33. The van der Waals surface area contributed by atoms with Crippen LogP contribution in [-0.2, 0) is 11.0 Å². The van der Waals surface area contributed by atoms with E-state index in [0.717, 1.165) is 13.0 Å². The standard InChI is InChI=1S/C4H8ClNOS/c1-6-3-2-4(5)8(6)7/h4H,2-3H2,1H3. The van der Waals surface area contributed by atoms with Crippen molar-refractivity contribution in [2.24, 2.45) is 0 Å². The van der Waals surface area contributed by atoms with Gasteiger partial charge in [0.1, 0.15) is 15.7 Å². The largest absolute Gasteiger partial charge is 0.241 e. The summed E-state index contributed by atoms with van der Waals surface area (Å²) in [4.78, 5) is 0. The monoisotopic (exact) mass is 153 g/mol. The number of nitrogens with zero attached hydrogens (tertiary/aromatic N) is 1. The molecule has 1 aliphatic rings. The topological polar surface area (TPSA) is 20.3 Å². The van der Waals surface area contributed by atoms with Gasteiger partial charge in [-0.25, -0.2) is 8.51 Å². The molecule has 0 aromatic rings. The molecule has 2 atom stereocenters. The highest BCUT2D eigenvalue weighted by Crippen LogP contribution is 2.18. The molecule has 8 heavy (non-hydrogen) atoms. The fourth-order valence-electron chi connectivity index (χ4n) is 0.669. The third kappa shape index (κ3) is 1.04. The first kappa shape index (κ1) is 6.52. The maximum absolute atomic E-state index is 10.8. The Kier molecular flexibility index (Phi) is 1.90. The average molecular weight is 154 g/mol. The van der Waals surface area contributed by atoms with Crippen LogP contribution in [0.1, 0.15) is 6.42 Å². The highest BCUT2D eigenvalue weighted by Gasteiger charge is 2.25. The van der Waals surface area contributed by atoms with Gasteiger partial charge in [0.2, 0.25) is 0 Å². The lowest BCUT2D eigenvalue weighted by Gasteiger charge is -2.02. The van der Waals surface area contributed by atoms with Crippen LogP contribution >= 0.6 is 11.6 Å². The van der Waals surface area contributed by atoms with Gasteiger partial charge in [-0.2, -0.15) is 0 Å². The summed E-state index contributed by atoms with van der Waals surface area (Å²) in [6.45, 7) is 0.862. The molecule has 0 aromatic carbocycles. The van der Waals surface area contributed by atoms with Crippen LogP contribution in [0.15, 0.2) is 0 Å². The summed E-state index contributed by atoms with van der Waals surface area (Å²) in [6, 6.07) is 0. The maximum Gasteiger partial charge on any atom is 0.124 e. The molecule has 0 radical (unpaired) electrons. The third-order valence-electron chi connectivity index (χ3n) is 1.20. The first-order chi connectivity index (χ1) is 3.72. The van der Waals surface area contributed by atoms with Crippen molar-refractivity contribution in [1.29, 1.82) is 0 Å². The summed E-state index contributed by atoms with van der Waals surface area (Å²) >= 11 is 5.62. The Morgan fingerprint density at radius 1 is 1.88 bits per heavy atom. The molecular weight excluding hydrogens is 146 g/mol. The summed E-state index contributed by atoms with van der Waals surface area (Å²) in [5.41, 5.74) is 0. The second-order valence-electron chi connectivity index (χ2n) is 1.83. The van der Waals surface area contributed by atoms with E-state index in [0.29, 0.717) is 0 Å². The van der Waals surface area contributed by atoms with Gasteiger partial charge in [-0.3, -0.25) is 0 Å². The van der Waals surface area contributed by atoms with E-state index >= 15 is 0 Å². The SMILES string of the molecule is CN1CCC(Cl)S1=O. The molecule has 0 saturated carbocycles. The lowest BCUT2D eigenvalue weighted by atomic mass is 10.5. The van der Waals surface area contributed by atoms with Gasteiger partial charge in [0, 0.05) is 6.54 Å². The summed E-state index contributed by atoms with van der Waals surface area (Å²) in [6.07, 6.45) is 0.852. The minimum atomic E-state index is -0.914. The molecule has 2 unspecified atom stereocenters. The van der Waals surface area contributed by atoms with Crippen molar-refractivity contribution in [3.8, 4) is 0 Å². The minimum Gasteiger partial charge on any atom is -0.241 e. The van der Waals surface area contributed by atoms with Crippen LogP contribution in [0.5, 0.6) is 0 Å². The highest BCUT2D eigenvalue weighted by atomic mass is 35.5. The van der Waals surface area contributed by atoms with Gasteiger partial charge in [-0.05, 0) is 13.5 Å². The normalized spacial score (nSPS) is 40.8. The molecule has 0 spiro atoms. The van der Waals surface area contributed by atoms with Gasteiger partial charge in [-0.1, -0.05) is 0 Å². The maximum atomic E-state index is 10.8. The van der Waals surface area contributed by atoms with Crippen LogP contribution < -0.4 is 0 Å². The van der Waals surface area contributed by atoms with Gasteiger partial charge < -0.3 is 0 Å². The molecule has 2 nitrogen and oxygen atoms in total. The van der Waals surface area contributed by atoms with Crippen molar-refractivity contribution in [3.05, 3.63) is 0 Å². The quantitative estimate of drug-likeness (QED) is 0.466. The summed E-state index contributed by atoms with van der Waals surface area (Å²) in [5, 5.41) is 0. The average Bonchev–Trinajstić information content (AvgIpc) is 1.98. The van der Waals surface area contributed by atoms with Crippen LogP contribution in [0.4, 0.5) is 0 Å². The molecule has 1 fully saturated rings. The van der Waals surface area contributed by atoms with Crippen LogP contribution in [0.3, 0.4) is 0 Å². The zero-order valence-electron chi connectivity index (χ0n) is 4.63. The van der Waals surface area contributed by atoms with Gasteiger partial charge in [-0.15, -0.1) is 11.6 Å². The number of rotatable bonds is 0. The molecule has 4 heteroatoms. The van der Waals surface area contributed by atoms with Crippen LogP contribution in [-0.4, -0.2) is 26.8 Å². The van der Waals surface area contributed by atoms with Gasteiger partial charge in [0.15, 0.2) is 0 Å². The Morgan fingerprint density at radius 3 is 2.62 bits per heavy atom. The highest BCUT2D eigenvalue weighted by molar-refractivity contribution is 7.84. The smallest absolute Gasteiger partial charge is 0.124 e. The molecule has 48 valence electrons. The molecule has 0 N–H and O–H groups in total. The first-order valence-corrected chi connectivity index (χ1v) is 4.08. The molecule has 0 amide bonds. The number of hydrogen-bond acceptors (Lipinski definition) is 1. The van der Waals surface area contributed by atoms with E-state index in [1.165, 1.54) is 0 Å². The van der Waals surface area contributed by atoms with Crippen molar-refractivity contribution in [1.82, 2.24) is 4.31 Å². The van der Waals surface area contributed by atoms with Crippen LogP contribution in [0.2, 0.25) is 0 Å². The van der Waals surface area contributed by atoms with Gasteiger partial charge >= 0.3 is 0 Å². The molecule has 0 aromatic heterocycles. The van der Waals surface area contributed by atoms with Crippen molar-refractivity contribution in [3.63, 3.8) is 0 Å². The minimum absolute atomic E-state index is 0.139. The lowest BCUT2D eigenvalue weighted by Crippen LogP contribution is -2.15. The van der Waals surface area contributed by atoms with Gasteiger partial charge in [0.25, 0.3) is 0 Å². The molecule has 1 saturated heterocycles. The molecule has 0 aliphatic carbocycles. The summed E-state index contributed by atoms with van der Waals surface area (Å²) in [7, 11) is 0.904. The molecule has 1 aliphatic heterocycles. The Labute approximate surface area is 56.4 Å². The zero-order valence-corrected chi connectivity index (χ0v) is 6.21. The predicted molar refractivity (Wildman–Crippen MR) is 35.0 cm³/mol. The zero-order chi connectivity index (χ0) is 6.15. The fraction of sp³-hybridized carbons (Fsp3) is 1.00. The Hall–Kier alpha value is 0.400. The van der Waals surface area contributed by atoms with E-state index in [1.54, 1.807) is 4.31 Å². The summed E-state index contributed by atoms with van der Waals surface area (Å²) < 4.78 is 12.4. The van der Waals surface area contributed by atoms with E-state index in [-0.39, 0.29) is 4.71 Å². The first-order valence-electron chi connectivity index (χ1n) is 2.47. The summed E-state index contributed by atoms with van der Waals surface area (Å²) in [5.74, 6) is 0. The van der Waals surface area contributed by atoms with E-state index in [1.807, 2.05) is 7.05 Å². The molecule has 1 rings (SSSR count). The fourth-order valence-corrected chi connectivity index (χ4v) is 2.16. The van der Waals surface area contributed by atoms with Gasteiger partial charge in [0.05, 0.1) is 0 Å².